The standard InChI is InChI=1S/C17H26N2O3/c18-16(15-5-2-1-3-6-15)11-17(20)19-8-4-9-21-12-14-7-10-22-13-14/h1-3,5-6,14,16H,4,7-13,18H2,(H,19,20). The lowest BCUT2D eigenvalue weighted by molar-refractivity contribution is -0.121. The first-order valence-electron chi connectivity index (χ1n) is 7.98. The number of nitrogens with two attached hydrogens (primary N) is 1. The number of hydrogen-bond acceptors (Lipinski definition) is 4. The molecule has 5 heteroatoms. The molecular formula is C17H26N2O3. The highest BCUT2D eigenvalue weighted by atomic mass is 16.5. The van der Waals surface area contributed by atoms with E-state index < -0.39 is 0 Å². The van der Waals surface area contributed by atoms with Gasteiger partial charge in [0, 0.05) is 38.1 Å². The van der Waals surface area contributed by atoms with E-state index in [1.807, 2.05) is 30.3 Å². The molecule has 2 unspecified atom stereocenters. The molecule has 1 amide bonds. The highest BCUT2D eigenvalue weighted by Crippen LogP contribution is 2.13. The maximum absolute atomic E-state index is 11.8. The third-order valence-electron chi connectivity index (χ3n) is 3.80. The fourth-order valence-corrected chi connectivity index (χ4v) is 2.46. The van der Waals surface area contributed by atoms with Gasteiger partial charge in [0.2, 0.25) is 5.91 Å². The zero-order valence-corrected chi connectivity index (χ0v) is 13.0. The summed E-state index contributed by atoms with van der Waals surface area (Å²) in [7, 11) is 0. The smallest absolute Gasteiger partial charge is 0.221 e. The molecule has 2 rings (SSSR count). The van der Waals surface area contributed by atoms with Gasteiger partial charge >= 0.3 is 0 Å². The van der Waals surface area contributed by atoms with Gasteiger partial charge in [-0.25, -0.2) is 0 Å². The predicted molar refractivity (Wildman–Crippen MR) is 85.4 cm³/mol. The van der Waals surface area contributed by atoms with Gasteiger partial charge in [0.25, 0.3) is 0 Å². The van der Waals surface area contributed by atoms with E-state index in [0.29, 0.717) is 25.5 Å². The van der Waals surface area contributed by atoms with Crippen molar-refractivity contribution in [2.75, 3.05) is 33.0 Å². The van der Waals surface area contributed by atoms with Gasteiger partial charge < -0.3 is 20.5 Å². The zero-order chi connectivity index (χ0) is 15.6. The topological polar surface area (TPSA) is 73.6 Å². The maximum atomic E-state index is 11.8. The molecule has 2 atom stereocenters. The van der Waals surface area contributed by atoms with Crippen LogP contribution >= 0.6 is 0 Å². The van der Waals surface area contributed by atoms with E-state index >= 15 is 0 Å². The molecule has 0 bridgehead atoms. The van der Waals surface area contributed by atoms with E-state index in [1.54, 1.807) is 0 Å². The third kappa shape index (κ3) is 6.13. The van der Waals surface area contributed by atoms with Crippen molar-refractivity contribution in [1.29, 1.82) is 0 Å². The number of rotatable bonds is 9. The molecule has 0 aliphatic carbocycles. The molecule has 122 valence electrons. The van der Waals surface area contributed by atoms with Crippen molar-refractivity contribution in [2.45, 2.75) is 25.3 Å². The summed E-state index contributed by atoms with van der Waals surface area (Å²) in [6, 6.07) is 9.44. The highest BCUT2D eigenvalue weighted by molar-refractivity contribution is 5.76. The first-order valence-corrected chi connectivity index (χ1v) is 7.98. The minimum atomic E-state index is -0.250. The zero-order valence-electron chi connectivity index (χ0n) is 13.0. The number of carbonyl (C=O) groups is 1. The van der Waals surface area contributed by atoms with Crippen LogP contribution in [0.25, 0.3) is 0 Å². The SMILES string of the molecule is NC(CC(=O)NCCCOCC1CCOC1)c1ccccc1. The summed E-state index contributed by atoms with van der Waals surface area (Å²) < 4.78 is 10.9. The van der Waals surface area contributed by atoms with Crippen LogP contribution in [0.5, 0.6) is 0 Å². The van der Waals surface area contributed by atoms with E-state index in [2.05, 4.69) is 5.32 Å². The summed E-state index contributed by atoms with van der Waals surface area (Å²) in [5.74, 6) is 0.527. The van der Waals surface area contributed by atoms with Gasteiger partial charge in [-0.1, -0.05) is 30.3 Å². The van der Waals surface area contributed by atoms with Crippen molar-refractivity contribution in [3.63, 3.8) is 0 Å². The Labute approximate surface area is 132 Å². The Kier molecular flexibility index (Phi) is 7.36. The summed E-state index contributed by atoms with van der Waals surface area (Å²) in [6.07, 6.45) is 2.22. The number of amides is 1. The van der Waals surface area contributed by atoms with E-state index in [0.717, 1.165) is 38.2 Å². The lowest BCUT2D eigenvalue weighted by Gasteiger charge is -2.12. The maximum Gasteiger partial charge on any atom is 0.221 e. The van der Waals surface area contributed by atoms with Gasteiger partial charge in [0.15, 0.2) is 0 Å². The lowest BCUT2D eigenvalue weighted by atomic mass is 10.0. The summed E-state index contributed by atoms with van der Waals surface area (Å²) in [5, 5.41) is 2.89. The highest BCUT2D eigenvalue weighted by Gasteiger charge is 2.15. The van der Waals surface area contributed by atoms with Crippen molar-refractivity contribution in [3.8, 4) is 0 Å². The minimum absolute atomic E-state index is 0.0134. The molecule has 1 heterocycles. The molecule has 0 saturated carbocycles. The molecule has 1 aliphatic heterocycles. The molecule has 1 aromatic rings. The molecule has 3 N–H and O–H groups in total. The summed E-state index contributed by atoms with van der Waals surface area (Å²) in [5.41, 5.74) is 7.01. The average molecular weight is 306 g/mol. The fourth-order valence-electron chi connectivity index (χ4n) is 2.46. The number of hydrogen-bond donors (Lipinski definition) is 2. The van der Waals surface area contributed by atoms with Gasteiger partial charge in [-0.3, -0.25) is 4.79 Å². The predicted octanol–water partition coefficient (Wildman–Crippen LogP) is 1.64. The Hall–Kier alpha value is -1.43. The second kappa shape index (κ2) is 9.56. The number of ether oxygens (including phenoxy) is 2. The van der Waals surface area contributed by atoms with E-state index in [9.17, 15) is 4.79 Å². The number of carbonyl (C=O) groups excluding carboxylic acids is 1. The third-order valence-corrected chi connectivity index (χ3v) is 3.80. The Balaban J connectivity index is 1.50. The summed E-state index contributed by atoms with van der Waals surface area (Å²) >= 11 is 0. The largest absolute Gasteiger partial charge is 0.381 e. The first kappa shape index (κ1) is 16.9. The van der Waals surface area contributed by atoms with Crippen LogP contribution in [-0.2, 0) is 14.3 Å². The molecule has 1 aliphatic rings. The Morgan fingerprint density at radius 3 is 2.95 bits per heavy atom. The molecule has 22 heavy (non-hydrogen) atoms. The van der Waals surface area contributed by atoms with Crippen LogP contribution in [0.3, 0.4) is 0 Å². The van der Waals surface area contributed by atoms with Gasteiger partial charge in [0.1, 0.15) is 0 Å². The Morgan fingerprint density at radius 1 is 1.41 bits per heavy atom. The van der Waals surface area contributed by atoms with Crippen LogP contribution in [0.15, 0.2) is 30.3 Å². The first-order chi connectivity index (χ1) is 10.8. The quantitative estimate of drug-likeness (QED) is 0.680. The average Bonchev–Trinajstić information content (AvgIpc) is 3.05. The second-order valence-corrected chi connectivity index (χ2v) is 5.73. The summed E-state index contributed by atoms with van der Waals surface area (Å²) in [6.45, 7) is 3.72. The molecule has 1 fully saturated rings. The van der Waals surface area contributed by atoms with Gasteiger partial charge in [-0.15, -0.1) is 0 Å². The van der Waals surface area contributed by atoms with Crippen molar-refractivity contribution < 1.29 is 14.3 Å². The molecule has 0 aromatic heterocycles. The number of benzene rings is 1. The van der Waals surface area contributed by atoms with Gasteiger partial charge in [-0.2, -0.15) is 0 Å². The summed E-state index contributed by atoms with van der Waals surface area (Å²) in [4.78, 5) is 11.8. The van der Waals surface area contributed by atoms with Crippen LogP contribution in [-0.4, -0.2) is 38.9 Å². The van der Waals surface area contributed by atoms with E-state index in [4.69, 9.17) is 15.2 Å². The lowest BCUT2D eigenvalue weighted by Crippen LogP contribution is -2.29. The molecular weight excluding hydrogens is 280 g/mol. The van der Waals surface area contributed by atoms with Crippen LogP contribution in [0.2, 0.25) is 0 Å². The van der Waals surface area contributed by atoms with Crippen molar-refractivity contribution in [1.82, 2.24) is 5.32 Å². The van der Waals surface area contributed by atoms with Crippen LogP contribution in [0.1, 0.15) is 30.9 Å². The fraction of sp³-hybridized carbons (Fsp3) is 0.588. The second-order valence-electron chi connectivity index (χ2n) is 5.73. The van der Waals surface area contributed by atoms with Crippen LogP contribution < -0.4 is 11.1 Å². The van der Waals surface area contributed by atoms with E-state index in [-0.39, 0.29) is 11.9 Å². The molecule has 0 spiro atoms. The molecule has 0 radical (unpaired) electrons. The number of nitrogens with one attached hydrogen (secondary N) is 1. The van der Waals surface area contributed by atoms with Crippen LogP contribution in [0.4, 0.5) is 0 Å². The molecule has 5 nitrogen and oxygen atoms in total. The van der Waals surface area contributed by atoms with Gasteiger partial charge in [-0.05, 0) is 18.4 Å². The molecule has 1 saturated heterocycles. The van der Waals surface area contributed by atoms with Crippen LogP contribution in [0, 0.1) is 5.92 Å². The van der Waals surface area contributed by atoms with Gasteiger partial charge in [0.05, 0.1) is 13.2 Å². The normalized spacial score (nSPS) is 19.0. The Morgan fingerprint density at radius 2 is 2.23 bits per heavy atom. The van der Waals surface area contributed by atoms with Crippen molar-refractivity contribution in [3.05, 3.63) is 35.9 Å². The minimum Gasteiger partial charge on any atom is -0.381 e. The van der Waals surface area contributed by atoms with Crippen molar-refractivity contribution >= 4 is 5.91 Å². The van der Waals surface area contributed by atoms with Crippen molar-refractivity contribution in [2.24, 2.45) is 11.7 Å². The molecule has 1 aromatic carbocycles. The monoisotopic (exact) mass is 306 g/mol. The van der Waals surface area contributed by atoms with E-state index in [1.165, 1.54) is 0 Å². The Bertz CT molecular complexity index is 433.